The fourth-order valence-electron chi connectivity index (χ4n) is 3.19. The lowest BCUT2D eigenvalue weighted by Crippen LogP contribution is -2.33. The van der Waals surface area contributed by atoms with E-state index in [1.807, 2.05) is 23.9 Å². The van der Waals surface area contributed by atoms with E-state index in [1.54, 1.807) is 0 Å². The molecule has 1 heterocycles. The second-order valence-corrected chi connectivity index (χ2v) is 7.83. The van der Waals surface area contributed by atoms with Gasteiger partial charge in [-0.25, -0.2) is 4.98 Å². The molecule has 0 radical (unpaired) electrons. The minimum Gasteiger partial charge on any atom is -0.369 e. The van der Waals surface area contributed by atoms with Crippen molar-refractivity contribution in [2.75, 3.05) is 12.0 Å². The Labute approximate surface area is 132 Å². The molecule has 1 aliphatic carbocycles. The van der Waals surface area contributed by atoms with Crippen LogP contribution in [0, 0.1) is 0 Å². The zero-order valence-electron chi connectivity index (χ0n) is 11.7. The van der Waals surface area contributed by atoms with Crippen LogP contribution in [0.1, 0.15) is 32.1 Å². The molecule has 1 aromatic heterocycles. The summed E-state index contributed by atoms with van der Waals surface area (Å²) in [5.74, 6) is 0.636. The predicted octanol–water partition coefficient (Wildman–Crippen LogP) is 4.45. The maximum Gasteiger partial charge on any atom is 0.201 e. The molecule has 0 spiro atoms. The lowest BCUT2D eigenvalue weighted by atomic mass is 9.88. The number of aromatic nitrogens is 2. The summed E-state index contributed by atoms with van der Waals surface area (Å²) in [6.07, 6.45) is 8.82. The number of thioether (sulfide) groups is 1. The number of hydrogen-bond acceptors (Lipinski definition) is 3. The third-order valence-corrected chi connectivity index (χ3v) is 6.28. The highest BCUT2D eigenvalue weighted by atomic mass is 79.9. The Morgan fingerprint density at radius 2 is 2.10 bits per heavy atom. The van der Waals surface area contributed by atoms with Crippen molar-refractivity contribution in [2.45, 2.75) is 43.4 Å². The van der Waals surface area contributed by atoms with Crippen LogP contribution in [0.25, 0.3) is 11.0 Å². The minimum absolute atomic E-state index is 0.322. The van der Waals surface area contributed by atoms with Gasteiger partial charge in [-0.2, -0.15) is 11.8 Å². The molecule has 108 valence electrons. The first-order valence-corrected chi connectivity index (χ1v) is 9.12. The highest BCUT2D eigenvalue weighted by Gasteiger charge is 2.32. The molecule has 1 aromatic carbocycles. The van der Waals surface area contributed by atoms with Gasteiger partial charge in [-0.15, -0.1) is 0 Å². The number of nitrogen functional groups attached to an aromatic ring is 1. The molecule has 1 fully saturated rings. The van der Waals surface area contributed by atoms with Gasteiger partial charge in [-0.1, -0.05) is 35.2 Å². The second-order valence-electron chi connectivity index (χ2n) is 5.64. The number of hydrogen-bond donors (Lipinski definition) is 1. The van der Waals surface area contributed by atoms with Gasteiger partial charge in [0.1, 0.15) is 0 Å². The van der Waals surface area contributed by atoms with Crippen molar-refractivity contribution in [2.24, 2.45) is 0 Å². The maximum atomic E-state index is 6.16. The Bertz CT molecular complexity index is 617. The Balaban J connectivity index is 2.00. The quantitative estimate of drug-likeness (QED) is 0.886. The smallest absolute Gasteiger partial charge is 0.201 e. The van der Waals surface area contributed by atoms with Gasteiger partial charge in [-0.3, -0.25) is 0 Å². The molecule has 20 heavy (non-hydrogen) atoms. The van der Waals surface area contributed by atoms with Gasteiger partial charge in [-0.05, 0) is 37.3 Å². The first kappa shape index (κ1) is 14.3. The molecule has 0 atom stereocenters. The summed E-state index contributed by atoms with van der Waals surface area (Å²) in [5, 5.41) is 0. The molecule has 0 amide bonds. The first-order chi connectivity index (χ1) is 9.63. The molecule has 1 saturated carbocycles. The Morgan fingerprint density at radius 1 is 1.35 bits per heavy atom. The van der Waals surface area contributed by atoms with Gasteiger partial charge in [0.15, 0.2) is 0 Å². The number of benzene rings is 1. The normalized spacial score (nSPS) is 18.5. The van der Waals surface area contributed by atoms with E-state index in [1.165, 1.54) is 32.1 Å². The van der Waals surface area contributed by atoms with Crippen molar-refractivity contribution >= 4 is 44.7 Å². The van der Waals surface area contributed by atoms with E-state index in [9.17, 15) is 0 Å². The fraction of sp³-hybridized carbons (Fsp3) is 0.533. The standard InChI is InChI=1S/C15H20BrN3S/c1-20-15(7-3-2-4-8-15)10-19-13-9-11(16)5-6-12(13)18-14(19)17/h5-6,9H,2-4,7-8,10H2,1H3,(H2,17,18). The van der Waals surface area contributed by atoms with Crippen LogP contribution in [-0.4, -0.2) is 20.6 Å². The lowest BCUT2D eigenvalue weighted by Gasteiger charge is -2.36. The zero-order chi connectivity index (χ0) is 14.2. The first-order valence-electron chi connectivity index (χ1n) is 7.10. The van der Waals surface area contributed by atoms with Gasteiger partial charge in [0.2, 0.25) is 5.95 Å². The topological polar surface area (TPSA) is 43.8 Å². The summed E-state index contributed by atoms with van der Waals surface area (Å²) >= 11 is 5.54. The third kappa shape index (κ3) is 2.58. The van der Waals surface area contributed by atoms with Crippen LogP contribution in [0.15, 0.2) is 22.7 Å². The Kier molecular flexibility index (Phi) is 4.00. The number of halogens is 1. The van der Waals surface area contributed by atoms with Crippen LogP contribution in [-0.2, 0) is 6.54 Å². The Hall–Kier alpha value is -0.680. The third-order valence-electron chi connectivity index (χ3n) is 4.38. The number of rotatable bonds is 3. The van der Waals surface area contributed by atoms with E-state index in [0.717, 1.165) is 22.1 Å². The van der Waals surface area contributed by atoms with Crippen LogP contribution in [0.3, 0.4) is 0 Å². The number of imidazole rings is 1. The molecule has 0 bridgehead atoms. The van der Waals surface area contributed by atoms with Gasteiger partial charge >= 0.3 is 0 Å². The molecule has 2 N–H and O–H groups in total. The van der Waals surface area contributed by atoms with E-state index >= 15 is 0 Å². The predicted molar refractivity (Wildman–Crippen MR) is 91.2 cm³/mol. The molecule has 3 nitrogen and oxygen atoms in total. The summed E-state index contributed by atoms with van der Waals surface area (Å²) < 4.78 is 3.59. The molecule has 2 aromatic rings. The number of nitrogens with zero attached hydrogens (tertiary/aromatic N) is 2. The average Bonchev–Trinajstić information content (AvgIpc) is 2.76. The van der Waals surface area contributed by atoms with Crippen LogP contribution in [0.2, 0.25) is 0 Å². The van der Waals surface area contributed by atoms with Crippen molar-refractivity contribution < 1.29 is 0 Å². The summed E-state index contributed by atoms with van der Waals surface area (Å²) in [7, 11) is 0. The SMILES string of the molecule is CSC1(Cn2c(N)nc3ccc(Br)cc32)CCCCC1. The van der Waals surface area contributed by atoms with E-state index in [-0.39, 0.29) is 0 Å². The number of anilines is 1. The molecular weight excluding hydrogens is 334 g/mol. The van der Waals surface area contributed by atoms with Crippen LogP contribution in [0.4, 0.5) is 5.95 Å². The van der Waals surface area contributed by atoms with Crippen LogP contribution >= 0.6 is 27.7 Å². The molecule has 1 aliphatic rings. The highest BCUT2D eigenvalue weighted by molar-refractivity contribution is 9.10. The number of nitrogens with two attached hydrogens (primary N) is 1. The van der Waals surface area contributed by atoms with Gasteiger partial charge in [0, 0.05) is 15.8 Å². The van der Waals surface area contributed by atoms with Crippen molar-refractivity contribution in [3.8, 4) is 0 Å². The van der Waals surface area contributed by atoms with E-state index in [4.69, 9.17) is 5.73 Å². The van der Waals surface area contributed by atoms with Gasteiger partial charge < -0.3 is 10.3 Å². The van der Waals surface area contributed by atoms with Crippen molar-refractivity contribution in [1.82, 2.24) is 9.55 Å². The molecule has 0 aliphatic heterocycles. The zero-order valence-corrected chi connectivity index (χ0v) is 14.1. The van der Waals surface area contributed by atoms with E-state index in [0.29, 0.717) is 10.7 Å². The molecule has 3 rings (SSSR count). The van der Waals surface area contributed by atoms with Crippen molar-refractivity contribution in [3.05, 3.63) is 22.7 Å². The van der Waals surface area contributed by atoms with Crippen molar-refractivity contribution in [1.29, 1.82) is 0 Å². The van der Waals surface area contributed by atoms with Gasteiger partial charge in [0.05, 0.1) is 11.0 Å². The number of fused-ring (bicyclic) bond motifs is 1. The maximum absolute atomic E-state index is 6.16. The second kappa shape index (κ2) is 5.60. The van der Waals surface area contributed by atoms with Gasteiger partial charge in [0.25, 0.3) is 0 Å². The molecular formula is C15H20BrN3S. The summed E-state index contributed by atoms with van der Waals surface area (Å²) in [6.45, 7) is 0.965. The molecule has 0 unspecified atom stereocenters. The summed E-state index contributed by atoms with van der Waals surface area (Å²) in [4.78, 5) is 4.50. The lowest BCUT2D eigenvalue weighted by molar-refractivity contribution is 0.363. The minimum atomic E-state index is 0.322. The average molecular weight is 354 g/mol. The van der Waals surface area contributed by atoms with Crippen LogP contribution < -0.4 is 5.73 Å². The summed E-state index contributed by atoms with van der Waals surface area (Å²) in [6, 6.07) is 6.17. The highest BCUT2D eigenvalue weighted by Crippen LogP contribution is 2.41. The van der Waals surface area contributed by atoms with E-state index in [2.05, 4.69) is 37.8 Å². The monoisotopic (exact) mass is 353 g/mol. The molecule has 0 saturated heterocycles. The Morgan fingerprint density at radius 3 is 2.80 bits per heavy atom. The van der Waals surface area contributed by atoms with E-state index < -0.39 is 0 Å². The largest absolute Gasteiger partial charge is 0.369 e. The molecule has 5 heteroatoms. The van der Waals surface area contributed by atoms with Crippen molar-refractivity contribution in [3.63, 3.8) is 0 Å². The fourth-order valence-corrected chi connectivity index (χ4v) is 4.50. The summed E-state index contributed by atoms with van der Waals surface area (Å²) in [5.41, 5.74) is 8.28. The van der Waals surface area contributed by atoms with Crippen LogP contribution in [0.5, 0.6) is 0 Å².